The molecule has 1 N–H and O–H groups in total. The molecule has 0 spiro atoms. The quantitative estimate of drug-likeness (QED) is 0.555. The van der Waals surface area contributed by atoms with E-state index < -0.39 is 0 Å². The highest BCUT2D eigenvalue weighted by atomic mass is 16.2. The highest BCUT2D eigenvalue weighted by Crippen LogP contribution is 1.47. The van der Waals surface area contributed by atoms with Crippen molar-refractivity contribution in [1.82, 2.24) is 5.32 Å². The van der Waals surface area contributed by atoms with E-state index in [2.05, 4.69) is 19.2 Å². The Labute approximate surface area is 49.1 Å². The summed E-state index contributed by atoms with van der Waals surface area (Å²) in [7, 11) is 0. The van der Waals surface area contributed by atoms with Gasteiger partial charge in [-0.1, -0.05) is 13.8 Å². The number of hydrogen-bond donors (Lipinski definition) is 1. The SMILES string of the molecule is CCNCC.O=C=O. The van der Waals surface area contributed by atoms with Crippen LogP contribution in [0, 0.1) is 0 Å². The lowest BCUT2D eigenvalue weighted by Crippen LogP contribution is -2.09. The second kappa shape index (κ2) is 16.2. The van der Waals surface area contributed by atoms with E-state index in [9.17, 15) is 0 Å². The Bertz CT molecular complexity index is 55.4. The van der Waals surface area contributed by atoms with Gasteiger partial charge in [0.05, 0.1) is 0 Å². The highest BCUT2D eigenvalue weighted by Gasteiger charge is 1.62. The lowest BCUT2D eigenvalue weighted by atomic mass is 10.7. The average Bonchev–Trinajstić information content (AvgIpc) is 1.71. The van der Waals surface area contributed by atoms with Gasteiger partial charge in [0.25, 0.3) is 0 Å². The van der Waals surface area contributed by atoms with Crippen LogP contribution >= 0.6 is 0 Å². The van der Waals surface area contributed by atoms with Crippen LogP contribution in [-0.2, 0) is 9.59 Å². The summed E-state index contributed by atoms with van der Waals surface area (Å²) in [4.78, 5) is 16.2. The molecule has 0 rings (SSSR count). The van der Waals surface area contributed by atoms with Crippen LogP contribution < -0.4 is 5.32 Å². The fraction of sp³-hybridized carbons (Fsp3) is 0.800. The zero-order valence-corrected chi connectivity index (χ0v) is 5.23. The first kappa shape index (κ1) is 10.3. The van der Waals surface area contributed by atoms with Crippen molar-refractivity contribution in [2.45, 2.75) is 13.8 Å². The molecular weight excluding hydrogens is 106 g/mol. The maximum atomic E-state index is 8.12. The standard InChI is InChI=1S/C4H11N.CO2/c1-3-5-4-2;2-1-3/h5H,3-4H2,1-2H3;. The largest absolute Gasteiger partial charge is 0.373 e. The van der Waals surface area contributed by atoms with Gasteiger partial charge in [-0.05, 0) is 13.1 Å². The first-order valence-corrected chi connectivity index (χ1v) is 2.53. The topological polar surface area (TPSA) is 46.2 Å². The van der Waals surface area contributed by atoms with Gasteiger partial charge in [-0.3, -0.25) is 0 Å². The fourth-order valence-corrected chi connectivity index (χ4v) is 0.250. The van der Waals surface area contributed by atoms with E-state index in [-0.39, 0.29) is 6.15 Å². The van der Waals surface area contributed by atoms with Crippen molar-refractivity contribution in [1.29, 1.82) is 0 Å². The molecule has 0 fully saturated rings. The Hall–Kier alpha value is -0.660. The molecule has 3 heteroatoms. The van der Waals surface area contributed by atoms with Gasteiger partial charge in [-0.2, -0.15) is 9.59 Å². The van der Waals surface area contributed by atoms with Gasteiger partial charge in [0.1, 0.15) is 0 Å². The molecule has 0 saturated heterocycles. The minimum Gasteiger partial charge on any atom is -0.317 e. The summed E-state index contributed by atoms with van der Waals surface area (Å²) in [6.07, 6.45) is 0.250. The minimum atomic E-state index is 0.250. The van der Waals surface area contributed by atoms with Crippen molar-refractivity contribution in [3.8, 4) is 0 Å². The molecule has 8 heavy (non-hydrogen) atoms. The van der Waals surface area contributed by atoms with Gasteiger partial charge < -0.3 is 5.32 Å². The van der Waals surface area contributed by atoms with Crippen molar-refractivity contribution < 1.29 is 9.59 Å². The van der Waals surface area contributed by atoms with Crippen LogP contribution in [0.4, 0.5) is 0 Å². The second-order valence-electron chi connectivity index (χ2n) is 1.04. The normalized spacial score (nSPS) is 6.25. The molecule has 0 aliphatic rings. The van der Waals surface area contributed by atoms with Gasteiger partial charge in [-0.25, -0.2) is 0 Å². The molecule has 0 saturated carbocycles. The second-order valence-corrected chi connectivity index (χ2v) is 1.04. The minimum absolute atomic E-state index is 0.250. The van der Waals surface area contributed by atoms with E-state index >= 15 is 0 Å². The summed E-state index contributed by atoms with van der Waals surface area (Å²) in [5.41, 5.74) is 0. The molecule has 0 aromatic heterocycles. The van der Waals surface area contributed by atoms with Crippen molar-refractivity contribution in [2.75, 3.05) is 13.1 Å². The summed E-state index contributed by atoms with van der Waals surface area (Å²) < 4.78 is 0. The Morgan fingerprint density at radius 1 is 1.25 bits per heavy atom. The maximum Gasteiger partial charge on any atom is 0.373 e. The van der Waals surface area contributed by atoms with Crippen molar-refractivity contribution in [2.24, 2.45) is 0 Å². The summed E-state index contributed by atoms with van der Waals surface area (Å²) in [6.45, 7) is 6.39. The van der Waals surface area contributed by atoms with Crippen molar-refractivity contribution in [3.63, 3.8) is 0 Å². The molecule has 0 aliphatic heterocycles. The van der Waals surface area contributed by atoms with Gasteiger partial charge in [0.15, 0.2) is 0 Å². The first-order chi connectivity index (χ1) is 3.83. The zero-order chi connectivity index (χ0) is 6.83. The van der Waals surface area contributed by atoms with E-state index in [4.69, 9.17) is 9.59 Å². The van der Waals surface area contributed by atoms with Crippen LogP contribution in [-0.4, -0.2) is 19.2 Å². The summed E-state index contributed by atoms with van der Waals surface area (Å²) in [6, 6.07) is 0. The van der Waals surface area contributed by atoms with E-state index in [1.54, 1.807) is 0 Å². The van der Waals surface area contributed by atoms with Crippen LogP contribution in [0.3, 0.4) is 0 Å². The molecule has 0 bridgehead atoms. The van der Waals surface area contributed by atoms with Gasteiger partial charge in [0.2, 0.25) is 0 Å². The predicted molar refractivity (Wildman–Crippen MR) is 29.2 cm³/mol. The molecule has 3 nitrogen and oxygen atoms in total. The molecule has 0 aliphatic carbocycles. The number of carbonyl (C=O) groups excluding carboxylic acids is 2. The molecule has 0 amide bonds. The number of rotatable bonds is 2. The van der Waals surface area contributed by atoms with Gasteiger partial charge >= 0.3 is 6.15 Å². The third-order valence-electron chi connectivity index (χ3n) is 0.500. The van der Waals surface area contributed by atoms with Crippen LogP contribution in [0.15, 0.2) is 0 Å². The third-order valence-corrected chi connectivity index (χ3v) is 0.500. The van der Waals surface area contributed by atoms with Crippen LogP contribution in [0.1, 0.15) is 13.8 Å². The van der Waals surface area contributed by atoms with E-state index in [0.717, 1.165) is 13.1 Å². The van der Waals surface area contributed by atoms with Crippen LogP contribution in [0.25, 0.3) is 0 Å². The maximum absolute atomic E-state index is 8.12. The summed E-state index contributed by atoms with van der Waals surface area (Å²) in [5.74, 6) is 0. The Morgan fingerprint density at radius 2 is 1.50 bits per heavy atom. The first-order valence-electron chi connectivity index (χ1n) is 2.53. The summed E-state index contributed by atoms with van der Waals surface area (Å²) in [5, 5.41) is 3.11. The van der Waals surface area contributed by atoms with E-state index in [1.165, 1.54) is 0 Å². The molecule has 0 atom stereocenters. The average molecular weight is 117 g/mol. The predicted octanol–water partition coefficient (Wildman–Crippen LogP) is 0.0323. The lowest BCUT2D eigenvalue weighted by molar-refractivity contribution is -0.191. The number of nitrogens with one attached hydrogen (secondary N) is 1. The molecule has 48 valence electrons. The van der Waals surface area contributed by atoms with E-state index in [0.29, 0.717) is 0 Å². The highest BCUT2D eigenvalue weighted by molar-refractivity contribution is 5.20. The lowest BCUT2D eigenvalue weighted by Gasteiger charge is -1.86. The van der Waals surface area contributed by atoms with Crippen molar-refractivity contribution in [3.05, 3.63) is 0 Å². The summed E-state index contributed by atoms with van der Waals surface area (Å²) >= 11 is 0. The molecule has 0 heterocycles. The zero-order valence-electron chi connectivity index (χ0n) is 5.23. The Balaban J connectivity index is 0. The van der Waals surface area contributed by atoms with Crippen LogP contribution in [0.5, 0.6) is 0 Å². The number of hydrogen-bond acceptors (Lipinski definition) is 3. The monoisotopic (exact) mass is 117 g/mol. The molecule has 0 aromatic carbocycles. The molecule has 0 aromatic rings. The Kier molecular flexibility index (Phi) is 21.0. The van der Waals surface area contributed by atoms with E-state index in [1.807, 2.05) is 0 Å². The van der Waals surface area contributed by atoms with Gasteiger partial charge in [0, 0.05) is 0 Å². The van der Waals surface area contributed by atoms with Gasteiger partial charge in [-0.15, -0.1) is 0 Å². The third kappa shape index (κ3) is 56.0. The van der Waals surface area contributed by atoms with Crippen molar-refractivity contribution >= 4 is 6.15 Å². The molecule has 0 unspecified atom stereocenters. The fourth-order valence-electron chi connectivity index (χ4n) is 0.250. The van der Waals surface area contributed by atoms with Crippen LogP contribution in [0.2, 0.25) is 0 Å². The smallest absolute Gasteiger partial charge is 0.317 e. The Morgan fingerprint density at radius 3 is 1.50 bits per heavy atom. The molecule has 0 radical (unpaired) electrons. The molecular formula is C5H11NO2.